The Kier molecular flexibility index (Phi) is 5.55. The van der Waals surface area contributed by atoms with E-state index in [4.69, 9.17) is 27.9 Å². The lowest BCUT2D eigenvalue weighted by Crippen LogP contribution is -2.04. The number of hydrogen-bond donors (Lipinski definition) is 1. The van der Waals surface area contributed by atoms with Crippen LogP contribution < -0.4 is 4.74 Å². The molecule has 112 valence electrons. The molecule has 0 spiro atoms. The van der Waals surface area contributed by atoms with Crippen molar-refractivity contribution >= 4 is 39.1 Å². The third kappa shape index (κ3) is 3.54. The van der Waals surface area contributed by atoms with Crippen LogP contribution in [0.2, 0.25) is 10.0 Å². The zero-order valence-electron chi connectivity index (χ0n) is 11.7. The second-order valence-electron chi connectivity index (χ2n) is 4.59. The van der Waals surface area contributed by atoms with E-state index < -0.39 is 6.10 Å². The molecule has 0 aliphatic heterocycles. The van der Waals surface area contributed by atoms with Crippen molar-refractivity contribution in [2.24, 2.45) is 0 Å². The van der Waals surface area contributed by atoms with Gasteiger partial charge in [-0.3, -0.25) is 0 Å². The fraction of sp³-hybridized carbons (Fsp3) is 0.250. The summed E-state index contributed by atoms with van der Waals surface area (Å²) >= 11 is 15.9. The van der Waals surface area contributed by atoms with Gasteiger partial charge in [0.15, 0.2) is 0 Å². The van der Waals surface area contributed by atoms with Gasteiger partial charge >= 0.3 is 0 Å². The molecule has 2 aromatic carbocycles. The minimum atomic E-state index is -0.844. The van der Waals surface area contributed by atoms with Crippen LogP contribution in [0.15, 0.2) is 34.8 Å². The summed E-state index contributed by atoms with van der Waals surface area (Å²) in [5, 5.41) is 11.5. The molecule has 0 bridgehead atoms. The first kappa shape index (κ1) is 16.6. The van der Waals surface area contributed by atoms with Crippen molar-refractivity contribution in [3.63, 3.8) is 0 Å². The Morgan fingerprint density at radius 2 is 1.90 bits per heavy atom. The van der Waals surface area contributed by atoms with Crippen LogP contribution in [0, 0.1) is 6.92 Å². The lowest BCUT2D eigenvalue weighted by Gasteiger charge is -2.18. The quantitative estimate of drug-likeness (QED) is 0.743. The van der Waals surface area contributed by atoms with Gasteiger partial charge in [0, 0.05) is 16.1 Å². The molecule has 0 fully saturated rings. The predicted molar refractivity (Wildman–Crippen MR) is 90.6 cm³/mol. The van der Waals surface area contributed by atoms with Gasteiger partial charge in [-0.25, -0.2) is 0 Å². The fourth-order valence-corrected chi connectivity index (χ4v) is 2.97. The van der Waals surface area contributed by atoms with Crippen LogP contribution in [0.5, 0.6) is 5.75 Å². The predicted octanol–water partition coefficient (Wildman–Crippen LogP) is 5.54. The number of aliphatic hydroxyl groups excluding tert-OH is 1. The molecule has 0 radical (unpaired) electrons. The second kappa shape index (κ2) is 7.01. The Morgan fingerprint density at radius 3 is 2.57 bits per heavy atom. The van der Waals surface area contributed by atoms with E-state index in [0.717, 1.165) is 15.6 Å². The maximum atomic E-state index is 10.6. The van der Waals surface area contributed by atoms with E-state index >= 15 is 0 Å². The molecule has 0 saturated heterocycles. The molecule has 2 aromatic rings. The molecule has 0 aromatic heterocycles. The molecule has 21 heavy (non-hydrogen) atoms. The number of ether oxygens (including phenoxy) is 1. The molecule has 1 unspecified atom stereocenters. The monoisotopic (exact) mass is 388 g/mol. The van der Waals surface area contributed by atoms with Crippen LogP contribution in [0.25, 0.3) is 0 Å². The molecule has 1 N–H and O–H groups in total. The maximum Gasteiger partial charge on any atom is 0.139 e. The molecule has 0 heterocycles. The highest BCUT2D eigenvalue weighted by molar-refractivity contribution is 9.10. The van der Waals surface area contributed by atoms with Crippen LogP contribution in [0.4, 0.5) is 0 Å². The minimum Gasteiger partial charge on any atom is -0.492 e. The van der Waals surface area contributed by atoms with Crippen LogP contribution in [-0.4, -0.2) is 11.7 Å². The van der Waals surface area contributed by atoms with Crippen LogP contribution in [-0.2, 0) is 0 Å². The Balaban J connectivity index is 2.46. The summed E-state index contributed by atoms with van der Waals surface area (Å²) in [7, 11) is 0. The Morgan fingerprint density at radius 1 is 1.19 bits per heavy atom. The van der Waals surface area contributed by atoms with Crippen LogP contribution in [0.1, 0.15) is 29.7 Å². The smallest absolute Gasteiger partial charge is 0.139 e. The summed E-state index contributed by atoms with van der Waals surface area (Å²) in [6.07, 6.45) is -0.844. The molecule has 0 saturated carbocycles. The van der Waals surface area contributed by atoms with E-state index in [1.54, 1.807) is 12.1 Å². The Bertz CT molecular complexity index is 659. The third-order valence-electron chi connectivity index (χ3n) is 3.25. The van der Waals surface area contributed by atoms with Gasteiger partial charge in [-0.05, 0) is 37.1 Å². The highest BCUT2D eigenvalue weighted by atomic mass is 79.9. The van der Waals surface area contributed by atoms with E-state index in [9.17, 15) is 5.11 Å². The Labute approximate surface area is 142 Å². The van der Waals surface area contributed by atoms with Gasteiger partial charge < -0.3 is 9.84 Å². The van der Waals surface area contributed by atoms with Crippen molar-refractivity contribution in [2.75, 3.05) is 6.61 Å². The summed E-state index contributed by atoms with van der Waals surface area (Å²) in [6.45, 7) is 4.31. The highest BCUT2D eigenvalue weighted by Crippen LogP contribution is 2.37. The average Bonchev–Trinajstić information content (AvgIpc) is 2.45. The van der Waals surface area contributed by atoms with Crippen molar-refractivity contribution in [3.8, 4) is 5.75 Å². The van der Waals surface area contributed by atoms with E-state index in [1.165, 1.54) is 0 Å². The average molecular weight is 390 g/mol. The molecule has 2 rings (SSSR count). The topological polar surface area (TPSA) is 29.5 Å². The molecule has 0 aliphatic carbocycles. The van der Waals surface area contributed by atoms with Gasteiger partial charge in [-0.1, -0.05) is 51.3 Å². The number of halogens is 3. The Hall–Kier alpha value is -0.740. The van der Waals surface area contributed by atoms with Crippen molar-refractivity contribution in [3.05, 3.63) is 61.5 Å². The zero-order valence-corrected chi connectivity index (χ0v) is 14.8. The van der Waals surface area contributed by atoms with Gasteiger partial charge in [0.05, 0.1) is 16.7 Å². The number of aliphatic hydroxyl groups is 1. The summed E-state index contributed by atoms with van der Waals surface area (Å²) in [6, 6.07) is 8.96. The zero-order chi connectivity index (χ0) is 15.6. The molecule has 2 nitrogen and oxygen atoms in total. The lowest BCUT2D eigenvalue weighted by atomic mass is 9.97. The highest BCUT2D eigenvalue weighted by Gasteiger charge is 2.19. The number of benzene rings is 2. The van der Waals surface area contributed by atoms with Gasteiger partial charge in [0.25, 0.3) is 0 Å². The summed E-state index contributed by atoms with van der Waals surface area (Å²) in [4.78, 5) is 0. The van der Waals surface area contributed by atoms with Crippen molar-refractivity contribution in [2.45, 2.75) is 20.0 Å². The summed E-state index contributed by atoms with van der Waals surface area (Å²) in [5.41, 5.74) is 2.31. The van der Waals surface area contributed by atoms with E-state index in [2.05, 4.69) is 15.9 Å². The lowest BCUT2D eigenvalue weighted by molar-refractivity contribution is 0.219. The largest absolute Gasteiger partial charge is 0.492 e. The maximum absolute atomic E-state index is 10.6. The van der Waals surface area contributed by atoms with Gasteiger partial charge in [0.2, 0.25) is 0 Å². The van der Waals surface area contributed by atoms with Crippen molar-refractivity contribution in [1.82, 2.24) is 0 Å². The van der Waals surface area contributed by atoms with Crippen molar-refractivity contribution in [1.29, 1.82) is 0 Å². The van der Waals surface area contributed by atoms with E-state index in [-0.39, 0.29) is 0 Å². The molecule has 5 heteroatoms. The second-order valence-corrected chi connectivity index (χ2v) is 6.26. The van der Waals surface area contributed by atoms with Gasteiger partial charge in [-0.15, -0.1) is 0 Å². The first-order valence-electron chi connectivity index (χ1n) is 6.50. The molecule has 0 amide bonds. The van der Waals surface area contributed by atoms with Crippen molar-refractivity contribution < 1.29 is 9.84 Å². The molecular weight excluding hydrogens is 375 g/mol. The third-order valence-corrected chi connectivity index (χ3v) is 4.73. The van der Waals surface area contributed by atoms with Gasteiger partial charge in [-0.2, -0.15) is 0 Å². The first-order chi connectivity index (χ1) is 9.95. The van der Waals surface area contributed by atoms with E-state index in [1.807, 2.05) is 32.0 Å². The van der Waals surface area contributed by atoms with Gasteiger partial charge in [0.1, 0.15) is 11.9 Å². The minimum absolute atomic E-state index is 0.426. The fourth-order valence-electron chi connectivity index (χ4n) is 2.11. The SMILES string of the molecule is CCOc1cc(Cl)c(C(O)c2cccc(Br)c2C)cc1Cl. The van der Waals surface area contributed by atoms with E-state index in [0.29, 0.717) is 28.0 Å². The standard InChI is InChI=1S/C16H15BrCl2O2/c1-3-21-15-8-13(18)11(7-14(15)19)16(20)10-5-4-6-12(17)9(10)2/h4-8,16,20H,3H2,1-2H3. The number of rotatable bonds is 4. The number of hydrogen-bond acceptors (Lipinski definition) is 2. The molecule has 0 aliphatic rings. The first-order valence-corrected chi connectivity index (χ1v) is 8.05. The van der Waals surface area contributed by atoms with Crippen LogP contribution >= 0.6 is 39.1 Å². The molecular formula is C16H15BrCl2O2. The summed E-state index contributed by atoms with van der Waals surface area (Å²) < 4.78 is 6.33. The molecule has 1 atom stereocenters. The normalized spacial score (nSPS) is 12.3. The van der Waals surface area contributed by atoms with Crippen LogP contribution in [0.3, 0.4) is 0 Å². The summed E-state index contributed by atoms with van der Waals surface area (Å²) in [5.74, 6) is 0.520.